The van der Waals surface area contributed by atoms with Gasteiger partial charge in [-0.15, -0.1) is 0 Å². The van der Waals surface area contributed by atoms with Crippen molar-refractivity contribution in [2.75, 3.05) is 18.0 Å². The predicted molar refractivity (Wildman–Crippen MR) is 87.9 cm³/mol. The van der Waals surface area contributed by atoms with Crippen LogP contribution in [-0.4, -0.2) is 34.2 Å². The maximum Gasteiger partial charge on any atom is 0.274 e. The number of pyridine rings is 1. The Hall–Kier alpha value is -2.93. The van der Waals surface area contributed by atoms with Gasteiger partial charge in [0.25, 0.3) is 5.91 Å². The van der Waals surface area contributed by atoms with Gasteiger partial charge in [0.2, 0.25) is 5.89 Å². The number of carbonyl (C=O) groups is 1. The van der Waals surface area contributed by atoms with E-state index in [1.165, 1.54) is 12.8 Å². The van der Waals surface area contributed by atoms with Gasteiger partial charge in [0.15, 0.2) is 5.58 Å². The molecule has 1 saturated heterocycles. The highest BCUT2D eigenvalue weighted by atomic mass is 16.5. The van der Waals surface area contributed by atoms with Crippen LogP contribution >= 0.6 is 0 Å². The zero-order valence-corrected chi connectivity index (χ0v) is 12.9. The van der Waals surface area contributed by atoms with Crippen molar-refractivity contribution in [1.82, 2.24) is 15.4 Å². The van der Waals surface area contributed by atoms with E-state index in [9.17, 15) is 4.79 Å². The lowest BCUT2D eigenvalue weighted by molar-refractivity contribution is 0.0706. The minimum absolute atomic E-state index is 0.312. The minimum atomic E-state index is -0.585. The average Bonchev–Trinajstić information content (AvgIpc) is 3.30. The molecule has 3 heterocycles. The Balaban J connectivity index is 1.64. The molecule has 0 radical (unpaired) electrons. The van der Waals surface area contributed by atoms with E-state index < -0.39 is 5.91 Å². The first-order valence-corrected chi connectivity index (χ1v) is 7.81. The molecule has 0 aliphatic carbocycles. The molecule has 24 heavy (non-hydrogen) atoms. The lowest BCUT2D eigenvalue weighted by atomic mass is 10.2. The third kappa shape index (κ3) is 2.59. The molecular weight excluding hydrogens is 308 g/mol. The SMILES string of the molecule is O=C(NO)c1ccc2oc(-c3ccc(N4CCCC4)nc3)nc2c1. The van der Waals surface area contributed by atoms with Crippen LogP contribution in [0.25, 0.3) is 22.6 Å². The summed E-state index contributed by atoms with van der Waals surface area (Å²) in [5, 5.41) is 8.70. The normalized spacial score (nSPS) is 14.3. The molecule has 1 aliphatic heterocycles. The number of amides is 1. The van der Waals surface area contributed by atoms with Crippen molar-refractivity contribution in [1.29, 1.82) is 0 Å². The maximum atomic E-state index is 11.5. The van der Waals surface area contributed by atoms with Crippen molar-refractivity contribution in [3.63, 3.8) is 0 Å². The third-order valence-electron chi connectivity index (χ3n) is 4.18. The second kappa shape index (κ2) is 5.93. The lowest BCUT2D eigenvalue weighted by Gasteiger charge is -2.15. The summed E-state index contributed by atoms with van der Waals surface area (Å²) in [6.45, 7) is 2.09. The van der Waals surface area contributed by atoms with Gasteiger partial charge in [-0.1, -0.05) is 0 Å². The molecule has 1 aromatic carbocycles. The summed E-state index contributed by atoms with van der Waals surface area (Å²) in [5.74, 6) is 0.833. The van der Waals surface area contributed by atoms with E-state index in [-0.39, 0.29) is 0 Å². The Kier molecular flexibility index (Phi) is 3.62. The molecule has 2 N–H and O–H groups in total. The quantitative estimate of drug-likeness (QED) is 0.568. The number of hydrogen-bond donors (Lipinski definition) is 2. The van der Waals surface area contributed by atoms with E-state index >= 15 is 0 Å². The molecule has 1 amide bonds. The van der Waals surface area contributed by atoms with Gasteiger partial charge in [0, 0.05) is 24.8 Å². The highest BCUT2D eigenvalue weighted by molar-refractivity contribution is 5.96. The summed E-state index contributed by atoms with van der Waals surface area (Å²) in [7, 11) is 0. The van der Waals surface area contributed by atoms with Crippen molar-refractivity contribution in [3.8, 4) is 11.5 Å². The molecule has 0 unspecified atom stereocenters. The molecule has 1 fully saturated rings. The highest BCUT2D eigenvalue weighted by Gasteiger charge is 2.15. The van der Waals surface area contributed by atoms with Crippen molar-refractivity contribution >= 4 is 22.8 Å². The maximum absolute atomic E-state index is 11.5. The van der Waals surface area contributed by atoms with Gasteiger partial charge in [-0.05, 0) is 43.2 Å². The average molecular weight is 324 g/mol. The van der Waals surface area contributed by atoms with E-state index in [0.717, 1.165) is 24.5 Å². The number of hydroxylamine groups is 1. The van der Waals surface area contributed by atoms with Crippen LogP contribution in [-0.2, 0) is 0 Å². The van der Waals surface area contributed by atoms with Crippen LogP contribution in [0.5, 0.6) is 0 Å². The Morgan fingerprint density at radius 3 is 2.75 bits per heavy atom. The van der Waals surface area contributed by atoms with Gasteiger partial charge in [-0.3, -0.25) is 10.0 Å². The van der Waals surface area contributed by atoms with E-state index in [0.29, 0.717) is 22.6 Å². The molecule has 0 atom stereocenters. The summed E-state index contributed by atoms with van der Waals surface area (Å²) >= 11 is 0. The van der Waals surface area contributed by atoms with Crippen molar-refractivity contribution in [2.24, 2.45) is 0 Å². The fraction of sp³-hybridized carbons (Fsp3) is 0.235. The predicted octanol–water partition coefficient (Wildman–Crippen LogP) is 2.61. The van der Waals surface area contributed by atoms with E-state index in [4.69, 9.17) is 9.62 Å². The summed E-state index contributed by atoms with van der Waals surface area (Å²) < 4.78 is 5.73. The number of rotatable bonds is 3. The van der Waals surface area contributed by atoms with Crippen molar-refractivity contribution in [2.45, 2.75) is 12.8 Å². The summed E-state index contributed by atoms with van der Waals surface area (Å²) in [6, 6.07) is 8.70. The highest BCUT2D eigenvalue weighted by Crippen LogP contribution is 2.26. The molecular formula is C17H16N4O3. The molecule has 1 aliphatic rings. The number of oxazole rings is 1. The number of hydrogen-bond acceptors (Lipinski definition) is 6. The van der Waals surface area contributed by atoms with Gasteiger partial charge in [0.05, 0.1) is 5.56 Å². The zero-order chi connectivity index (χ0) is 16.5. The Morgan fingerprint density at radius 1 is 1.21 bits per heavy atom. The molecule has 3 aromatic rings. The standard InChI is InChI=1S/C17H16N4O3/c22-16(20-23)11-3-5-14-13(9-11)19-17(24-14)12-4-6-15(18-10-12)21-7-1-2-8-21/h3-6,9-10,23H,1-2,7-8H2,(H,20,22). The topological polar surface area (TPSA) is 91.5 Å². The molecule has 0 spiro atoms. The zero-order valence-electron chi connectivity index (χ0n) is 12.9. The number of carbonyl (C=O) groups excluding carboxylic acids is 1. The number of nitrogens with zero attached hydrogens (tertiary/aromatic N) is 3. The smallest absolute Gasteiger partial charge is 0.274 e. The van der Waals surface area contributed by atoms with Gasteiger partial charge in [0.1, 0.15) is 11.3 Å². The first-order valence-electron chi connectivity index (χ1n) is 7.81. The van der Waals surface area contributed by atoms with Crippen LogP contribution in [0.1, 0.15) is 23.2 Å². The molecule has 7 nitrogen and oxygen atoms in total. The largest absolute Gasteiger partial charge is 0.436 e. The Labute approximate surface area is 137 Å². The van der Waals surface area contributed by atoms with Crippen LogP contribution in [0.3, 0.4) is 0 Å². The second-order valence-electron chi connectivity index (χ2n) is 5.74. The first kappa shape index (κ1) is 14.6. The fourth-order valence-electron chi connectivity index (χ4n) is 2.90. The number of aromatic nitrogens is 2. The monoisotopic (exact) mass is 324 g/mol. The molecule has 7 heteroatoms. The molecule has 122 valence electrons. The van der Waals surface area contributed by atoms with Crippen LogP contribution in [0.15, 0.2) is 40.9 Å². The van der Waals surface area contributed by atoms with E-state index in [2.05, 4.69) is 14.9 Å². The second-order valence-corrected chi connectivity index (χ2v) is 5.74. The van der Waals surface area contributed by atoms with Crippen molar-refractivity contribution in [3.05, 3.63) is 42.1 Å². The lowest BCUT2D eigenvalue weighted by Crippen LogP contribution is -2.18. The summed E-state index contributed by atoms with van der Waals surface area (Å²) in [6.07, 6.45) is 4.16. The summed E-state index contributed by atoms with van der Waals surface area (Å²) in [5.41, 5.74) is 3.82. The fourth-order valence-corrected chi connectivity index (χ4v) is 2.90. The van der Waals surface area contributed by atoms with Crippen molar-refractivity contribution < 1.29 is 14.4 Å². The van der Waals surface area contributed by atoms with Crippen LogP contribution in [0, 0.1) is 0 Å². The number of anilines is 1. The number of nitrogens with one attached hydrogen (secondary N) is 1. The third-order valence-corrected chi connectivity index (χ3v) is 4.18. The Morgan fingerprint density at radius 2 is 2.04 bits per heavy atom. The molecule has 0 saturated carbocycles. The van der Waals surface area contributed by atoms with Gasteiger partial charge < -0.3 is 9.32 Å². The van der Waals surface area contributed by atoms with Crippen LogP contribution < -0.4 is 10.4 Å². The van der Waals surface area contributed by atoms with Gasteiger partial charge in [-0.2, -0.15) is 0 Å². The number of benzene rings is 1. The Bertz CT molecular complexity index is 882. The van der Waals surface area contributed by atoms with Crippen LogP contribution in [0.4, 0.5) is 5.82 Å². The molecule has 0 bridgehead atoms. The molecule has 4 rings (SSSR count). The van der Waals surface area contributed by atoms with E-state index in [1.807, 2.05) is 12.1 Å². The molecule has 2 aromatic heterocycles. The van der Waals surface area contributed by atoms with Gasteiger partial charge in [-0.25, -0.2) is 15.4 Å². The van der Waals surface area contributed by atoms with Gasteiger partial charge >= 0.3 is 0 Å². The minimum Gasteiger partial charge on any atom is -0.436 e. The van der Waals surface area contributed by atoms with E-state index in [1.54, 1.807) is 29.9 Å². The summed E-state index contributed by atoms with van der Waals surface area (Å²) in [4.78, 5) is 22.6. The van der Waals surface area contributed by atoms with Crippen LogP contribution in [0.2, 0.25) is 0 Å². The number of fused-ring (bicyclic) bond motifs is 1. The first-order chi connectivity index (χ1) is 11.7.